The van der Waals surface area contributed by atoms with Crippen LogP contribution in [0.2, 0.25) is 0 Å². The lowest BCUT2D eigenvalue weighted by molar-refractivity contribution is -0.385. The fraction of sp³-hybridized carbons (Fsp3) is 0.233. The van der Waals surface area contributed by atoms with E-state index in [1.54, 1.807) is 32.9 Å². The molecule has 0 fully saturated rings. The van der Waals surface area contributed by atoms with Crippen LogP contribution in [-0.2, 0) is 16.1 Å². The first-order chi connectivity index (χ1) is 19.2. The fourth-order valence-corrected chi connectivity index (χ4v) is 6.19. The van der Waals surface area contributed by atoms with Crippen molar-refractivity contribution < 1.29 is 14.5 Å². The van der Waals surface area contributed by atoms with Crippen molar-refractivity contribution in [1.82, 2.24) is 9.13 Å². The Hall–Kier alpha value is -4.75. The average Bonchev–Trinajstić information content (AvgIpc) is 3.37. The summed E-state index contributed by atoms with van der Waals surface area (Å²) in [5.41, 5.74) is 3.72. The number of nitrogens with zero attached hydrogens (tertiary/aromatic N) is 4. The molecule has 1 atom stereocenters. The molecule has 0 amide bonds. The van der Waals surface area contributed by atoms with Crippen LogP contribution in [0, 0.1) is 36.3 Å². The number of allylic oxidation sites excluding steroid dienone is 1. The maximum Gasteiger partial charge on any atom is 0.338 e. The highest BCUT2D eigenvalue weighted by Crippen LogP contribution is 2.33. The summed E-state index contributed by atoms with van der Waals surface area (Å²) in [6.45, 7) is 7.47. The summed E-state index contributed by atoms with van der Waals surface area (Å²) < 4.78 is 9.19. The molecule has 2 aromatic carbocycles. The molecular formula is C30H26N4O5S. The molecule has 1 aliphatic rings. The van der Waals surface area contributed by atoms with Crippen molar-refractivity contribution in [3.05, 3.63) is 106 Å². The number of esters is 1. The predicted octanol–water partition coefficient (Wildman–Crippen LogP) is 3.91. The van der Waals surface area contributed by atoms with Gasteiger partial charge in [0.1, 0.15) is 0 Å². The number of thiazole rings is 1. The third kappa shape index (κ3) is 4.34. The molecule has 0 radical (unpaired) electrons. The molecule has 0 saturated carbocycles. The summed E-state index contributed by atoms with van der Waals surface area (Å²) in [5.74, 6) is 2.06. The summed E-state index contributed by atoms with van der Waals surface area (Å²) in [6, 6.07) is 11.6. The topological polar surface area (TPSA) is 109 Å². The molecule has 2 aromatic heterocycles. The van der Waals surface area contributed by atoms with Gasteiger partial charge in [-0.1, -0.05) is 47.6 Å². The number of nitro groups is 1. The van der Waals surface area contributed by atoms with Crippen LogP contribution in [0.3, 0.4) is 0 Å². The van der Waals surface area contributed by atoms with Crippen LogP contribution in [-0.4, -0.2) is 26.6 Å². The monoisotopic (exact) mass is 554 g/mol. The van der Waals surface area contributed by atoms with Gasteiger partial charge < -0.3 is 9.30 Å². The van der Waals surface area contributed by atoms with Crippen LogP contribution in [0.4, 0.5) is 5.69 Å². The van der Waals surface area contributed by atoms with Crippen molar-refractivity contribution in [3.63, 3.8) is 0 Å². The average molecular weight is 555 g/mol. The van der Waals surface area contributed by atoms with Crippen molar-refractivity contribution >= 4 is 40.0 Å². The predicted molar refractivity (Wildman–Crippen MR) is 154 cm³/mol. The van der Waals surface area contributed by atoms with Gasteiger partial charge in [-0.3, -0.25) is 19.5 Å². The second kappa shape index (κ2) is 10.4. The van der Waals surface area contributed by atoms with Crippen LogP contribution in [0.5, 0.6) is 0 Å². The van der Waals surface area contributed by atoms with Crippen molar-refractivity contribution in [2.75, 3.05) is 6.61 Å². The first kappa shape index (κ1) is 26.8. The van der Waals surface area contributed by atoms with Gasteiger partial charge in [-0.25, -0.2) is 9.79 Å². The number of carbonyl (C=O) groups is 1. The molecule has 0 bridgehead atoms. The molecule has 1 aliphatic heterocycles. The summed E-state index contributed by atoms with van der Waals surface area (Å²) in [5, 5.41) is 12.7. The largest absolute Gasteiger partial charge is 0.463 e. The summed E-state index contributed by atoms with van der Waals surface area (Å²) in [4.78, 5) is 43.4. The van der Waals surface area contributed by atoms with E-state index in [0.717, 1.165) is 22.2 Å². The second-order valence-electron chi connectivity index (χ2n) is 9.41. The van der Waals surface area contributed by atoms with E-state index < -0.39 is 16.9 Å². The van der Waals surface area contributed by atoms with Gasteiger partial charge in [0.25, 0.3) is 11.2 Å². The molecule has 9 nitrogen and oxygen atoms in total. The Balaban J connectivity index is 1.79. The first-order valence-electron chi connectivity index (χ1n) is 12.6. The van der Waals surface area contributed by atoms with E-state index in [-0.39, 0.29) is 23.4 Å². The molecular weight excluding hydrogens is 528 g/mol. The highest BCUT2D eigenvalue weighted by Gasteiger charge is 2.34. The number of fused-ring (bicyclic) bond motifs is 2. The molecule has 10 heteroatoms. The van der Waals surface area contributed by atoms with E-state index in [2.05, 4.69) is 10.9 Å². The number of hydrogen-bond donors (Lipinski definition) is 0. The van der Waals surface area contributed by atoms with Gasteiger partial charge in [0.05, 0.1) is 39.9 Å². The van der Waals surface area contributed by atoms with E-state index in [1.165, 1.54) is 22.0 Å². The maximum atomic E-state index is 14.0. The van der Waals surface area contributed by atoms with Crippen molar-refractivity contribution in [2.45, 2.75) is 40.3 Å². The van der Waals surface area contributed by atoms with Gasteiger partial charge in [0.2, 0.25) is 0 Å². The molecule has 40 heavy (non-hydrogen) atoms. The van der Waals surface area contributed by atoms with Crippen LogP contribution < -0.4 is 14.9 Å². The second-order valence-corrected chi connectivity index (χ2v) is 10.4. The molecule has 202 valence electrons. The zero-order valence-electron chi connectivity index (χ0n) is 22.4. The van der Waals surface area contributed by atoms with Crippen molar-refractivity contribution in [3.8, 4) is 12.3 Å². The molecule has 5 rings (SSSR count). The van der Waals surface area contributed by atoms with Crippen LogP contribution in [0.25, 0.3) is 17.0 Å². The zero-order chi connectivity index (χ0) is 28.7. The van der Waals surface area contributed by atoms with E-state index in [1.807, 2.05) is 41.8 Å². The Kier molecular flexibility index (Phi) is 7.00. The van der Waals surface area contributed by atoms with Gasteiger partial charge in [0.15, 0.2) is 4.80 Å². The Labute approximate surface area is 233 Å². The van der Waals surface area contributed by atoms with Crippen molar-refractivity contribution in [2.24, 2.45) is 4.99 Å². The third-order valence-electron chi connectivity index (χ3n) is 7.07. The number of aryl methyl sites for hydroxylation is 1. The Morgan fingerprint density at radius 2 is 2.00 bits per heavy atom. The summed E-state index contributed by atoms with van der Waals surface area (Å²) in [6.07, 6.45) is 7.45. The highest BCUT2D eigenvalue weighted by molar-refractivity contribution is 7.07. The minimum atomic E-state index is -0.944. The summed E-state index contributed by atoms with van der Waals surface area (Å²) >= 11 is 1.20. The van der Waals surface area contributed by atoms with Crippen LogP contribution in [0.15, 0.2) is 63.5 Å². The summed E-state index contributed by atoms with van der Waals surface area (Å²) in [7, 11) is 0. The van der Waals surface area contributed by atoms with E-state index in [4.69, 9.17) is 11.2 Å². The third-order valence-corrected chi connectivity index (χ3v) is 8.05. The number of carbonyl (C=O) groups excluding carboxylic acids is 1. The Bertz CT molecular complexity index is 1970. The molecule has 0 aliphatic carbocycles. The number of rotatable bonds is 6. The van der Waals surface area contributed by atoms with Crippen LogP contribution in [0.1, 0.15) is 42.3 Å². The minimum Gasteiger partial charge on any atom is -0.463 e. The number of terminal acetylenes is 1. The van der Waals surface area contributed by atoms with Crippen molar-refractivity contribution in [1.29, 1.82) is 0 Å². The number of nitro benzene ring substituents is 1. The normalized spacial score (nSPS) is 15.1. The number of benzene rings is 2. The molecule has 4 aromatic rings. The van der Waals surface area contributed by atoms with E-state index in [0.29, 0.717) is 32.7 Å². The zero-order valence-corrected chi connectivity index (χ0v) is 23.2. The first-order valence-corrected chi connectivity index (χ1v) is 13.5. The lowest BCUT2D eigenvalue weighted by Gasteiger charge is -2.24. The van der Waals surface area contributed by atoms with Gasteiger partial charge in [-0.15, -0.1) is 6.42 Å². The SMILES string of the molecule is C#CCn1c(C)c(/C=c2/sc3n(c2=O)[C@H](c2ccc(C)c([N+](=O)[O-])c2)C(C(=O)OCC)=C(C)N=3)c2ccccc21. The quantitative estimate of drug-likeness (QED) is 0.155. The smallest absolute Gasteiger partial charge is 0.338 e. The maximum absolute atomic E-state index is 14.0. The Morgan fingerprint density at radius 3 is 2.70 bits per heavy atom. The molecule has 0 saturated heterocycles. The molecule has 0 unspecified atom stereocenters. The van der Waals surface area contributed by atoms with Crippen LogP contribution >= 0.6 is 11.3 Å². The number of ether oxygens (including phenoxy) is 1. The lowest BCUT2D eigenvalue weighted by atomic mass is 9.94. The van der Waals surface area contributed by atoms with Gasteiger partial charge in [-0.05, 0) is 45.4 Å². The van der Waals surface area contributed by atoms with Gasteiger partial charge in [-0.2, -0.15) is 0 Å². The van der Waals surface area contributed by atoms with Gasteiger partial charge >= 0.3 is 5.97 Å². The molecule has 3 heterocycles. The highest BCUT2D eigenvalue weighted by atomic mass is 32.1. The lowest BCUT2D eigenvalue weighted by Crippen LogP contribution is -2.40. The van der Waals surface area contributed by atoms with E-state index in [9.17, 15) is 19.7 Å². The number of hydrogen-bond acceptors (Lipinski definition) is 7. The fourth-order valence-electron chi connectivity index (χ4n) is 5.17. The number of aromatic nitrogens is 2. The van der Waals surface area contributed by atoms with Gasteiger partial charge in [0, 0.05) is 33.8 Å². The Morgan fingerprint density at radius 1 is 1.25 bits per heavy atom. The minimum absolute atomic E-state index is 0.102. The molecule has 0 spiro atoms. The number of para-hydroxylation sites is 1. The molecule has 0 N–H and O–H groups in total. The standard InChI is InChI=1S/C30H26N4O5S/c1-6-14-32-19(5)22(21-10-8-9-11-23(21)32)16-25-28(35)33-27(20-13-12-17(3)24(15-20)34(37)38)26(29(36)39-7-2)18(4)31-30(33)40-25/h1,8-13,15-16,27H,7,14H2,2-5H3/b25-16+/t27-/m1/s1. The van der Waals surface area contributed by atoms with E-state index >= 15 is 0 Å².